The van der Waals surface area contributed by atoms with Crippen LogP contribution in [-0.4, -0.2) is 5.97 Å². The summed E-state index contributed by atoms with van der Waals surface area (Å²) < 4.78 is 11.1. The number of hydrogen-bond acceptors (Lipinski definition) is 4. The minimum absolute atomic E-state index is 0.0588. The molecule has 21 heavy (non-hydrogen) atoms. The van der Waals surface area contributed by atoms with E-state index in [-0.39, 0.29) is 5.43 Å². The van der Waals surface area contributed by atoms with Gasteiger partial charge in [0.15, 0.2) is 5.43 Å². The molecule has 0 radical (unpaired) electrons. The lowest BCUT2D eigenvalue weighted by Gasteiger charge is -2.14. The Kier molecular flexibility index (Phi) is 3.98. The first-order valence-corrected chi connectivity index (χ1v) is 6.72. The van der Waals surface area contributed by atoms with E-state index in [2.05, 4.69) is 6.58 Å². The Morgan fingerprint density at radius 2 is 2.05 bits per heavy atom. The maximum absolute atomic E-state index is 12.4. The van der Waals surface area contributed by atoms with Gasteiger partial charge in [0.25, 0.3) is 0 Å². The molecule has 0 N–H and O–H groups in total. The Hall–Kier alpha value is -2.36. The number of carbonyl (C=O) groups is 1. The first-order valence-electron chi connectivity index (χ1n) is 6.72. The Morgan fingerprint density at radius 1 is 1.38 bits per heavy atom. The first-order chi connectivity index (χ1) is 9.86. The van der Waals surface area contributed by atoms with Gasteiger partial charge in [-0.25, -0.2) is 0 Å². The van der Waals surface area contributed by atoms with Crippen molar-refractivity contribution in [2.24, 2.45) is 0 Å². The Morgan fingerprint density at radius 3 is 2.62 bits per heavy atom. The van der Waals surface area contributed by atoms with Crippen LogP contribution in [0.2, 0.25) is 0 Å². The fraction of sp³-hybridized carbons (Fsp3) is 0.294. The maximum atomic E-state index is 12.4. The highest BCUT2D eigenvalue weighted by molar-refractivity contribution is 5.86. The topological polar surface area (TPSA) is 56.5 Å². The summed E-state index contributed by atoms with van der Waals surface area (Å²) >= 11 is 0. The summed E-state index contributed by atoms with van der Waals surface area (Å²) in [6.45, 7) is 10.4. The summed E-state index contributed by atoms with van der Waals surface area (Å²) in [7, 11) is 0. The summed E-state index contributed by atoms with van der Waals surface area (Å²) in [5.41, 5.74) is 2.40. The van der Waals surface area contributed by atoms with Crippen molar-refractivity contribution >= 4 is 16.9 Å². The van der Waals surface area contributed by atoms with Crippen molar-refractivity contribution in [1.82, 2.24) is 0 Å². The molecule has 0 unspecified atom stereocenters. The molecule has 0 amide bonds. The third kappa shape index (κ3) is 2.61. The van der Waals surface area contributed by atoms with E-state index < -0.39 is 5.97 Å². The molecule has 2 aromatic rings. The highest BCUT2D eigenvalue weighted by Gasteiger charge is 2.18. The normalized spacial score (nSPS) is 10.7. The molecule has 0 atom stereocenters. The van der Waals surface area contributed by atoms with Crippen LogP contribution in [0.5, 0.6) is 5.75 Å². The van der Waals surface area contributed by atoms with E-state index in [1.165, 1.54) is 6.92 Å². The van der Waals surface area contributed by atoms with Gasteiger partial charge in [-0.15, -0.1) is 6.58 Å². The molecule has 0 saturated carbocycles. The molecule has 0 aliphatic heterocycles. The molecule has 0 bridgehead atoms. The van der Waals surface area contributed by atoms with Crippen molar-refractivity contribution < 1.29 is 13.9 Å². The van der Waals surface area contributed by atoms with Crippen molar-refractivity contribution in [3.63, 3.8) is 0 Å². The van der Waals surface area contributed by atoms with Crippen molar-refractivity contribution in [1.29, 1.82) is 0 Å². The number of benzene rings is 1. The Labute approximate surface area is 123 Å². The average Bonchev–Trinajstić information content (AvgIpc) is 2.41. The van der Waals surface area contributed by atoms with Crippen molar-refractivity contribution in [3.8, 4) is 5.75 Å². The molecule has 0 saturated heterocycles. The molecule has 4 heteroatoms. The number of rotatable bonds is 3. The summed E-state index contributed by atoms with van der Waals surface area (Å²) in [4.78, 5) is 23.7. The molecule has 0 aliphatic rings. The number of esters is 1. The standard InChI is InChI=1S/C17H18O4/c1-6-7-13-16(21-12(5)18)9(2)8-14-15(19)10(3)11(4)20-17(13)14/h6,8H,1,7H2,2-5H3. The zero-order chi connectivity index (χ0) is 15.7. The van der Waals surface area contributed by atoms with E-state index in [4.69, 9.17) is 9.15 Å². The van der Waals surface area contributed by atoms with Gasteiger partial charge in [0.1, 0.15) is 17.1 Å². The largest absolute Gasteiger partial charge is 0.460 e. The van der Waals surface area contributed by atoms with Gasteiger partial charge in [0, 0.05) is 18.1 Å². The SMILES string of the molecule is C=CCc1c(OC(C)=O)c(C)cc2c(=O)c(C)c(C)oc12. The summed E-state index contributed by atoms with van der Waals surface area (Å²) in [5.74, 6) is 0.602. The number of carbonyl (C=O) groups excluding carboxylic acids is 1. The van der Waals surface area contributed by atoms with E-state index >= 15 is 0 Å². The molecule has 1 aromatic carbocycles. The van der Waals surface area contributed by atoms with Crippen molar-refractivity contribution in [2.75, 3.05) is 0 Å². The average molecular weight is 286 g/mol. The van der Waals surface area contributed by atoms with Gasteiger partial charge in [0.2, 0.25) is 0 Å². The summed E-state index contributed by atoms with van der Waals surface area (Å²) in [5, 5.41) is 0.503. The highest BCUT2D eigenvalue weighted by Crippen LogP contribution is 2.32. The third-order valence-corrected chi connectivity index (χ3v) is 3.47. The van der Waals surface area contributed by atoms with Gasteiger partial charge in [-0.3, -0.25) is 9.59 Å². The van der Waals surface area contributed by atoms with Crippen LogP contribution in [0.1, 0.15) is 29.4 Å². The lowest BCUT2D eigenvalue weighted by Crippen LogP contribution is -2.11. The van der Waals surface area contributed by atoms with E-state index in [0.717, 1.165) is 5.56 Å². The number of fused-ring (bicyclic) bond motifs is 1. The molecule has 0 aliphatic carbocycles. The molecule has 1 heterocycles. The molecule has 2 rings (SSSR count). The van der Waals surface area contributed by atoms with Crippen molar-refractivity contribution in [2.45, 2.75) is 34.1 Å². The zero-order valence-electron chi connectivity index (χ0n) is 12.7. The van der Waals surface area contributed by atoms with Gasteiger partial charge in [-0.05, 0) is 38.8 Å². The van der Waals surface area contributed by atoms with E-state index in [0.29, 0.717) is 40.0 Å². The molecular weight excluding hydrogens is 268 g/mol. The number of hydrogen-bond donors (Lipinski definition) is 0. The Bertz CT molecular complexity index is 797. The molecule has 1 aromatic heterocycles. The fourth-order valence-corrected chi connectivity index (χ4v) is 2.34. The minimum atomic E-state index is -0.408. The first kappa shape index (κ1) is 15.0. The molecule has 110 valence electrons. The van der Waals surface area contributed by atoms with E-state index in [1.807, 2.05) is 0 Å². The van der Waals surface area contributed by atoms with E-state index in [9.17, 15) is 9.59 Å². The predicted octanol–water partition coefficient (Wildman–Crippen LogP) is 3.37. The van der Waals surface area contributed by atoms with Crippen LogP contribution in [0, 0.1) is 20.8 Å². The van der Waals surface area contributed by atoms with E-state index in [1.54, 1.807) is 32.9 Å². The van der Waals surface area contributed by atoms with Crippen LogP contribution in [0.3, 0.4) is 0 Å². The number of allylic oxidation sites excluding steroid dienone is 1. The van der Waals surface area contributed by atoms with Gasteiger partial charge >= 0.3 is 5.97 Å². The van der Waals surface area contributed by atoms with Crippen LogP contribution in [0.4, 0.5) is 0 Å². The van der Waals surface area contributed by atoms with Crippen LogP contribution in [0.25, 0.3) is 11.0 Å². The van der Waals surface area contributed by atoms with Crippen LogP contribution in [0.15, 0.2) is 27.9 Å². The second-order valence-corrected chi connectivity index (χ2v) is 5.08. The van der Waals surface area contributed by atoms with Gasteiger partial charge in [0.05, 0.1) is 5.39 Å². The van der Waals surface area contributed by atoms with Crippen LogP contribution >= 0.6 is 0 Å². The lowest BCUT2D eigenvalue weighted by atomic mass is 10.0. The molecule has 0 spiro atoms. The predicted molar refractivity (Wildman–Crippen MR) is 81.9 cm³/mol. The fourth-order valence-electron chi connectivity index (χ4n) is 2.34. The van der Waals surface area contributed by atoms with Gasteiger partial charge in [-0.2, -0.15) is 0 Å². The zero-order valence-corrected chi connectivity index (χ0v) is 12.7. The smallest absolute Gasteiger partial charge is 0.308 e. The number of ether oxygens (including phenoxy) is 1. The van der Waals surface area contributed by atoms with Crippen LogP contribution < -0.4 is 10.2 Å². The van der Waals surface area contributed by atoms with Gasteiger partial charge < -0.3 is 9.15 Å². The third-order valence-electron chi connectivity index (χ3n) is 3.47. The second kappa shape index (κ2) is 5.56. The monoisotopic (exact) mass is 286 g/mol. The van der Waals surface area contributed by atoms with Crippen molar-refractivity contribution in [3.05, 3.63) is 51.4 Å². The lowest BCUT2D eigenvalue weighted by molar-refractivity contribution is -0.131. The quantitative estimate of drug-likeness (QED) is 0.493. The highest BCUT2D eigenvalue weighted by atomic mass is 16.5. The molecular formula is C17H18O4. The molecule has 4 nitrogen and oxygen atoms in total. The molecule has 0 fully saturated rings. The summed E-state index contributed by atoms with van der Waals surface area (Å²) in [6, 6.07) is 1.71. The van der Waals surface area contributed by atoms with Gasteiger partial charge in [-0.1, -0.05) is 6.08 Å². The minimum Gasteiger partial charge on any atom is -0.460 e. The maximum Gasteiger partial charge on any atom is 0.308 e. The Balaban J connectivity index is 2.94. The summed E-state index contributed by atoms with van der Waals surface area (Å²) in [6.07, 6.45) is 2.14. The second-order valence-electron chi connectivity index (χ2n) is 5.08. The van der Waals surface area contributed by atoms with Crippen LogP contribution in [-0.2, 0) is 11.2 Å². The number of aryl methyl sites for hydroxylation is 2.